The highest BCUT2D eigenvalue weighted by Crippen LogP contribution is 2.28. The third-order valence-corrected chi connectivity index (χ3v) is 4.88. The van der Waals surface area contributed by atoms with E-state index in [9.17, 15) is 9.59 Å². The molecule has 136 valence electrons. The van der Waals surface area contributed by atoms with Crippen molar-refractivity contribution in [2.45, 2.75) is 25.7 Å². The van der Waals surface area contributed by atoms with Crippen molar-refractivity contribution in [3.05, 3.63) is 24.3 Å². The number of anilines is 1. The molecule has 1 aliphatic heterocycles. The van der Waals surface area contributed by atoms with Crippen LogP contribution in [0, 0.1) is 11.8 Å². The van der Waals surface area contributed by atoms with Gasteiger partial charge in [0, 0.05) is 18.8 Å². The van der Waals surface area contributed by atoms with Gasteiger partial charge in [-0.25, -0.2) is 0 Å². The molecule has 0 radical (unpaired) electrons. The lowest BCUT2D eigenvalue weighted by molar-refractivity contribution is -0.128. The van der Waals surface area contributed by atoms with Crippen LogP contribution < -0.4 is 15.4 Å². The molecule has 1 aromatic rings. The minimum absolute atomic E-state index is 0.00119. The lowest BCUT2D eigenvalue weighted by Gasteiger charge is -2.31. The minimum atomic E-state index is -0.0517. The maximum absolute atomic E-state index is 12.3. The number of carbonyl (C=O) groups is 2. The Morgan fingerprint density at radius 1 is 1.20 bits per heavy atom. The predicted molar refractivity (Wildman–Crippen MR) is 96.5 cm³/mol. The fourth-order valence-electron chi connectivity index (χ4n) is 3.20. The zero-order valence-electron chi connectivity index (χ0n) is 14.8. The molecule has 2 fully saturated rings. The first-order chi connectivity index (χ1) is 12.1. The number of methoxy groups -OCH3 is 1. The van der Waals surface area contributed by atoms with Crippen LogP contribution in [0.3, 0.4) is 0 Å². The van der Waals surface area contributed by atoms with Gasteiger partial charge in [-0.05, 0) is 62.4 Å². The topological polar surface area (TPSA) is 70.7 Å². The van der Waals surface area contributed by atoms with Crippen molar-refractivity contribution in [3.63, 3.8) is 0 Å². The monoisotopic (exact) mass is 345 g/mol. The lowest BCUT2D eigenvalue weighted by atomic mass is 9.97. The molecule has 1 heterocycles. The van der Waals surface area contributed by atoms with Gasteiger partial charge >= 0.3 is 0 Å². The maximum Gasteiger partial charge on any atom is 0.238 e. The second-order valence-electron chi connectivity index (χ2n) is 7.04. The molecule has 2 amide bonds. The molecule has 2 N–H and O–H groups in total. The number of likely N-dealkylation sites (tertiary alicyclic amines) is 1. The SMILES string of the molecule is COc1ccc(NC(=O)CN2CCCC(C(=O)NCC3CC3)C2)cc1. The molecular formula is C19H27N3O3. The first-order valence-corrected chi connectivity index (χ1v) is 9.08. The van der Waals surface area contributed by atoms with Crippen molar-refractivity contribution in [2.24, 2.45) is 11.8 Å². The van der Waals surface area contributed by atoms with E-state index >= 15 is 0 Å². The van der Waals surface area contributed by atoms with Gasteiger partial charge < -0.3 is 15.4 Å². The fourth-order valence-corrected chi connectivity index (χ4v) is 3.20. The molecule has 25 heavy (non-hydrogen) atoms. The molecule has 1 saturated heterocycles. The number of benzene rings is 1. The second-order valence-corrected chi connectivity index (χ2v) is 7.04. The van der Waals surface area contributed by atoms with Crippen LogP contribution in [0.2, 0.25) is 0 Å². The number of nitrogens with zero attached hydrogens (tertiary/aromatic N) is 1. The number of hydrogen-bond donors (Lipinski definition) is 2. The molecule has 1 atom stereocenters. The van der Waals surface area contributed by atoms with Gasteiger partial charge in [0.2, 0.25) is 11.8 Å². The highest BCUT2D eigenvalue weighted by Gasteiger charge is 2.28. The molecule has 1 aliphatic carbocycles. The Kier molecular flexibility index (Phi) is 5.91. The molecule has 3 rings (SSSR count). The van der Waals surface area contributed by atoms with Crippen molar-refractivity contribution in [2.75, 3.05) is 38.6 Å². The van der Waals surface area contributed by atoms with Gasteiger partial charge in [0.1, 0.15) is 5.75 Å². The zero-order valence-corrected chi connectivity index (χ0v) is 14.8. The number of piperidine rings is 1. The van der Waals surface area contributed by atoms with Gasteiger partial charge in [-0.15, -0.1) is 0 Å². The molecule has 1 saturated carbocycles. The van der Waals surface area contributed by atoms with Gasteiger partial charge in [-0.3, -0.25) is 14.5 Å². The number of amides is 2. The summed E-state index contributed by atoms with van der Waals surface area (Å²) in [5.41, 5.74) is 0.751. The van der Waals surface area contributed by atoms with Gasteiger partial charge in [0.15, 0.2) is 0 Å². The summed E-state index contributed by atoms with van der Waals surface area (Å²) in [4.78, 5) is 26.6. The van der Waals surface area contributed by atoms with Crippen molar-refractivity contribution in [1.82, 2.24) is 10.2 Å². The molecule has 0 spiro atoms. The number of rotatable bonds is 7. The number of ether oxygens (including phenoxy) is 1. The molecule has 6 heteroatoms. The van der Waals surface area contributed by atoms with Crippen molar-refractivity contribution < 1.29 is 14.3 Å². The van der Waals surface area contributed by atoms with E-state index in [2.05, 4.69) is 15.5 Å². The van der Waals surface area contributed by atoms with Crippen molar-refractivity contribution >= 4 is 17.5 Å². The molecule has 6 nitrogen and oxygen atoms in total. The summed E-state index contributed by atoms with van der Waals surface area (Å²) in [5.74, 6) is 1.55. The Labute approximate surface area is 148 Å². The van der Waals surface area contributed by atoms with Crippen LogP contribution >= 0.6 is 0 Å². The average Bonchev–Trinajstić information content (AvgIpc) is 3.45. The average molecular weight is 345 g/mol. The van der Waals surface area contributed by atoms with Crippen LogP contribution in [0.25, 0.3) is 0 Å². The van der Waals surface area contributed by atoms with Gasteiger partial charge in [-0.1, -0.05) is 0 Å². The normalized spacial score (nSPS) is 20.8. The lowest BCUT2D eigenvalue weighted by Crippen LogP contribution is -2.45. The van der Waals surface area contributed by atoms with Gasteiger partial charge in [-0.2, -0.15) is 0 Å². The van der Waals surface area contributed by atoms with E-state index in [4.69, 9.17) is 4.74 Å². The van der Waals surface area contributed by atoms with Crippen LogP contribution in [0.4, 0.5) is 5.69 Å². The van der Waals surface area contributed by atoms with Gasteiger partial charge in [0.25, 0.3) is 0 Å². The second kappa shape index (κ2) is 8.34. The summed E-state index contributed by atoms with van der Waals surface area (Å²) in [6, 6.07) is 7.27. The maximum atomic E-state index is 12.3. The van der Waals surface area contributed by atoms with E-state index in [0.29, 0.717) is 19.0 Å². The number of carbonyl (C=O) groups excluding carboxylic acids is 2. The Morgan fingerprint density at radius 3 is 2.64 bits per heavy atom. The number of hydrogen-bond acceptors (Lipinski definition) is 4. The molecule has 1 unspecified atom stereocenters. The highest BCUT2D eigenvalue weighted by atomic mass is 16.5. The summed E-state index contributed by atoms with van der Waals surface area (Å²) in [6.07, 6.45) is 4.34. The summed E-state index contributed by atoms with van der Waals surface area (Å²) in [5, 5.41) is 5.96. The van der Waals surface area contributed by atoms with E-state index in [0.717, 1.165) is 37.4 Å². The van der Waals surface area contributed by atoms with Crippen molar-refractivity contribution in [1.29, 1.82) is 0 Å². The van der Waals surface area contributed by atoms with Crippen LogP contribution in [0.5, 0.6) is 5.75 Å². The van der Waals surface area contributed by atoms with E-state index in [1.54, 1.807) is 7.11 Å². The molecule has 0 bridgehead atoms. The first-order valence-electron chi connectivity index (χ1n) is 9.08. The first kappa shape index (κ1) is 17.7. The summed E-state index contributed by atoms with van der Waals surface area (Å²) >= 11 is 0. The van der Waals surface area contributed by atoms with E-state index in [1.165, 1.54) is 12.8 Å². The molecule has 1 aromatic carbocycles. The summed E-state index contributed by atoms with van der Waals surface area (Å²) in [7, 11) is 1.61. The Hall–Kier alpha value is -2.08. The van der Waals surface area contributed by atoms with E-state index < -0.39 is 0 Å². The van der Waals surface area contributed by atoms with Gasteiger partial charge in [0.05, 0.1) is 19.6 Å². The predicted octanol–water partition coefficient (Wildman–Crippen LogP) is 1.87. The fraction of sp³-hybridized carbons (Fsp3) is 0.579. The minimum Gasteiger partial charge on any atom is -0.497 e. The van der Waals surface area contributed by atoms with Crippen LogP contribution in [-0.4, -0.2) is 50.0 Å². The third kappa shape index (κ3) is 5.46. The molecular weight excluding hydrogens is 318 g/mol. The van der Waals surface area contributed by atoms with Crippen LogP contribution in [0.15, 0.2) is 24.3 Å². The van der Waals surface area contributed by atoms with Crippen molar-refractivity contribution in [3.8, 4) is 5.75 Å². The standard InChI is InChI=1S/C19H27N3O3/c1-25-17-8-6-16(7-9-17)21-18(23)13-22-10-2-3-15(12-22)19(24)20-11-14-4-5-14/h6-9,14-15H,2-5,10-13H2,1H3,(H,20,24)(H,21,23). The Balaban J connectivity index is 1.44. The zero-order chi connectivity index (χ0) is 17.6. The molecule has 2 aliphatic rings. The quantitative estimate of drug-likeness (QED) is 0.791. The Bertz CT molecular complexity index is 598. The molecule has 0 aromatic heterocycles. The van der Waals surface area contributed by atoms with Crippen LogP contribution in [-0.2, 0) is 9.59 Å². The van der Waals surface area contributed by atoms with Crippen LogP contribution in [0.1, 0.15) is 25.7 Å². The highest BCUT2D eigenvalue weighted by molar-refractivity contribution is 5.92. The Morgan fingerprint density at radius 2 is 1.96 bits per heavy atom. The third-order valence-electron chi connectivity index (χ3n) is 4.88. The smallest absolute Gasteiger partial charge is 0.238 e. The summed E-state index contributed by atoms with van der Waals surface area (Å²) in [6.45, 7) is 2.65. The summed E-state index contributed by atoms with van der Waals surface area (Å²) < 4.78 is 5.11. The van der Waals surface area contributed by atoms with E-state index in [1.807, 2.05) is 24.3 Å². The number of nitrogens with one attached hydrogen (secondary N) is 2. The van der Waals surface area contributed by atoms with E-state index in [-0.39, 0.29) is 17.7 Å². The largest absolute Gasteiger partial charge is 0.497 e.